The second-order valence-corrected chi connectivity index (χ2v) is 4.66. The minimum Gasteiger partial charge on any atom is -0.489 e. The van der Waals surface area contributed by atoms with Gasteiger partial charge >= 0.3 is 0 Å². The van der Waals surface area contributed by atoms with Gasteiger partial charge in [0.2, 0.25) is 5.91 Å². The van der Waals surface area contributed by atoms with Gasteiger partial charge in [0.15, 0.2) is 0 Å². The van der Waals surface area contributed by atoms with Crippen LogP contribution in [-0.2, 0) is 17.9 Å². The van der Waals surface area contributed by atoms with E-state index in [1.165, 1.54) is 12.1 Å². The number of hydrogen-bond acceptors (Lipinski definition) is 3. The van der Waals surface area contributed by atoms with Crippen LogP contribution in [0, 0.1) is 5.82 Å². The van der Waals surface area contributed by atoms with Gasteiger partial charge in [-0.2, -0.15) is 0 Å². The zero-order valence-corrected chi connectivity index (χ0v) is 11.8. The number of halogens is 1. The van der Waals surface area contributed by atoms with E-state index in [0.717, 1.165) is 0 Å². The van der Waals surface area contributed by atoms with Crippen molar-refractivity contribution in [2.24, 2.45) is 5.73 Å². The summed E-state index contributed by atoms with van der Waals surface area (Å²) in [7, 11) is 0. The van der Waals surface area contributed by atoms with Crippen molar-refractivity contribution < 1.29 is 19.4 Å². The van der Waals surface area contributed by atoms with Crippen LogP contribution in [0.25, 0.3) is 0 Å². The molecule has 0 saturated heterocycles. The molecular formula is C17H19FN2O2. The highest BCUT2D eigenvalue weighted by atomic mass is 19.1. The predicted octanol–water partition coefficient (Wildman–Crippen LogP) is 2.37. The normalized spacial score (nSPS) is 16.6. The second kappa shape index (κ2) is 7.56. The quantitative estimate of drug-likeness (QED) is 0.825. The summed E-state index contributed by atoms with van der Waals surface area (Å²) < 4.78 is 48.4. The Kier molecular flexibility index (Phi) is 3.85. The fraction of sp³-hybridized carbons (Fsp3) is 0.235. The van der Waals surface area contributed by atoms with Crippen LogP contribution >= 0.6 is 0 Å². The lowest BCUT2D eigenvalue weighted by molar-refractivity contribution is -0.119. The van der Waals surface area contributed by atoms with Gasteiger partial charge < -0.3 is 15.8 Å². The lowest BCUT2D eigenvalue weighted by Gasteiger charge is -2.11. The molecule has 22 heavy (non-hydrogen) atoms. The largest absolute Gasteiger partial charge is 0.489 e. The number of benzene rings is 2. The molecule has 0 aliphatic carbocycles. The lowest BCUT2D eigenvalue weighted by atomic mass is 10.2. The smallest absolute Gasteiger partial charge is 0.234 e. The first-order valence-corrected chi connectivity index (χ1v) is 6.63. The van der Waals surface area contributed by atoms with E-state index in [0.29, 0.717) is 16.9 Å². The summed E-state index contributed by atoms with van der Waals surface area (Å²) >= 11 is 0. The minimum atomic E-state index is -2.90. The molecule has 5 heteroatoms. The van der Waals surface area contributed by atoms with Gasteiger partial charge in [-0.25, -0.2) is 4.39 Å². The summed E-state index contributed by atoms with van der Waals surface area (Å²) in [4.78, 5) is 11.4. The van der Waals surface area contributed by atoms with Gasteiger partial charge in [0.1, 0.15) is 18.2 Å². The van der Waals surface area contributed by atoms with Gasteiger partial charge in [-0.3, -0.25) is 4.79 Å². The highest BCUT2D eigenvalue weighted by Gasteiger charge is 2.07. The van der Waals surface area contributed by atoms with Gasteiger partial charge in [0.05, 0.1) is 7.39 Å². The topological polar surface area (TPSA) is 64.3 Å². The Hall–Kier alpha value is -2.40. The summed E-state index contributed by atoms with van der Waals surface area (Å²) in [6, 6.07) is 10.1. The van der Waals surface area contributed by atoms with E-state index in [9.17, 15) is 9.18 Å². The Morgan fingerprint density at radius 1 is 1.36 bits per heavy atom. The lowest BCUT2D eigenvalue weighted by Crippen LogP contribution is -2.38. The predicted molar refractivity (Wildman–Crippen MR) is 82.7 cm³/mol. The molecular weight excluding hydrogens is 283 g/mol. The highest BCUT2D eigenvalue weighted by molar-refractivity contribution is 5.79. The van der Waals surface area contributed by atoms with Crippen molar-refractivity contribution in [3.05, 3.63) is 65.5 Å². The van der Waals surface area contributed by atoms with Crippen molar-refractivity contribution in [2.45, 2.75) is 26.0 Å². The van der Waals surface area contributed by atoms with Gasteiger partial charge in [0.25, 0.3) is 0 Å². The van der Waals surface area contributed by atoms with Crippen LogP contribution < -0.4 is 15.8 Å². The Labute approximate surface area is 134 Å². The molecule has 4 nitrogen and oxygen atoms in total. The van der Waals surface area contributed by atoms with Gasteiger partial charge in [-0.05, 0) is 42.2 Å². The molecule has 3 N–H and O–H groups in total. The summed E-state index contributed by atoms with van der Waals surface area (Å²) in [5, 5.41) is 2.38. The number of ether oxygens (including phenoxy) is 1. The van der Waals surface area contributed by atoms with Gasteiger partial charge in [-0.1, -0.05) is 24.3 Å². The highest BCUT2D eigenvalue weighted by Crippen LogP contribution is 2.14. The average molecular weight is 306 g/mol. The molecule has 0 unspecified atom stereocenters. The van der Waals surface area contributed by atoms with Crippen LogP contribution in [-0.4, -0.2) is 11.9 Å². The Morgan fingerprint density at radius 3 is 2.77 bits per heavy atom. The monoisotopic (exact) mass is 306 g/mol. The van der Waals surface area contributed by atoms with E-state index in [1.807, 2.05) is 0 Å². The maximum Gasteiger partial charge on any atom is 0.234 e. The zero-order valence-electron chi connectivity index (χ0n) is 15.8. The van der Waals surface area contributed by atoms with Crippen LogP contribution in [0.2, 0.25) is 0 Å². The van der Waals surface area contributed by atoms with Crippen LogP contribution in [0.4, 0.5) is 4.39 Å². The second-order valence-electron chi connectivity index (χ2n) is 4.66. The molecule has 0 bridgehead atoms. The van der Waals surface area contributed by atoms with E-state index >= 15 is 0 Å². The summed E-state index contributed by atoms with van der Waals surface area (Å²) in [5.41, 5.74) is 6.39. The van der Waals surface area contributed by atoms with Crippen LogP contribution in [0.3, 0.4) is 0 Å². The molecule has 0 radical (unpaired) electrons. The number of carbonyl (C=O) groups is 1. The van der Waals surface area contributed by atoms with Crippen molar-refractivity contribution in [1.29, 1.82) is 0 Å². The number of hydrogen-bond donors (Lipinski definition) is 2. The molecule has 0 aromatic heterocycles. The van der Waals surface area contributed by atoms with Crippen LogP contribution in [0.15, 0.2) is 48.5 Å². The van der Waals surface area contributed by atoms with Gasteiger partial charge in [0, 0.05) is 10.7 Å². The fourth-order valence-electron chi connectivity index (χ4n) is 1.77. The van der Waals surface area contributed by atoms with E-state index < -0.39 is 18.8 Å². The van der Waals surface area contributed by atoms with Crippen molar-refractivity contribution in [2.75, 3.05) is 0 Å². The van der Waals surface area contributed by atoms with Crippen LogP contribution in [0.5, 0.6) is 5.75 Å². The fourth-order valence-corrected chi connectivity index (χ4v) is 1.77. The molecule has 0 heterocycles. The number of nitrogens with one attached hydrogen (secondary N) is 1. The summed E-state index contributed by atoms with van der Waals surface area (Å²) in [6.07, 6.45) is 0. The Balaban J connectivity index is 1.96. The molecule has 1 amide bonds. The number of primary amides is 1. The van der Waals surface area contributed by atoms with Crippen LogP contribution in [0.1, 0.15) is 23.5 Å². The number of rotatable bonds is 7. The molecule has 2 aromatic rings. The third-order valence-electron chi connectivity index (χ3n) is 2.93. The van der Waals surface area contributed by atoms with Crippen molar-refractivity contribution >= 4 is 5.91 Å². The first kappa shape index (κ1) is 11.2. The maximum absolute atomic E-state index is 13.1. The van der Waals surface area contributed by atoms with Crippen molar-refractivity contribution in [1.82, 2.24) is 5.32 Å². The number of nitrogens with two attached hydrogens (primary N) is 1. The van der Waals surface area contributed by atoms with Gasteiger partial charge in [-0.15, -0.1) is 0 Å². The number of carbonyl (C=O) groups excluding carboxylic acids is 1. The Morgan fingerprint density at radius 2 is 2.14 bits per heavy atom. The van der Waals surface area contributed by atoms with Crippen molar-refractivity contribution in [3.63, 3.8) is 0 Å². The van der Waals surface area contributed by atoms with E-state index in [1.54, 1.807) is 36.4 Å². The van der Waals surface area contributed by atoms with E-state index in [-0.39, 0.29) is 19.0 Å². The molecule has 2 aromatic carbocycles. The molecule has 2 rings (SSSR count). The SMILES string of the molecule is [2H]C([2H])([2H])[C@@]([2H])(NCc1ccc(OCc2cccc(F)c2)cc1)C(N)=O. The van der Waals surface area contributed by atoms with Crippen molar-refractivity contribution in [3.8, 4) is 5.75 Å². The molecule has 0 aliphatic rings. The first-order valence-electron chi connectivity index (χ1n) is 8.63. The summed E-state index contributed by atoms with van der Waals surface area (Å²) in [5.74, 6) is -1.07. The van der Waals surface area contributed by atoms with E-state index in [4.69, 9.17) is 16.0 Å². The molecule has 0 saturated carbocycles. The average Bonchev–Trinajstić information content (AvgIpc) is 2.57. The maximum atomic E-state index is 13.1. The third-order valence-corrected chi connectivity index (χ3v) is 2.93. The summed E-state index contributed by atoms with van der Waals surface area (Å²) in [6.45, 7) is -2.73. The molecule has 0 spiro atoms. The zero-order chi connectivity index (χ0) is 19.4. The Bertz CT molecular complexity index is 768. The molecule has 1 atom stereocenters. The minimum absolute atomic E-state index is 0.0327. The molecule has 0 fully saturated rings. The third kappa shape index (κ3) is 4.86. The standard InChI is InChI=1S/C17H19FN2O2/c1-12(17(19)21)20-10-13-5-7-16(8-6-13)22-11-14-3-2-4-15(18)9-14/h2-9,12,20H,10-11H2,1H3,(H2,19,21)/t12-/m1/s1/i1D3,12D. The number of amides is 1. The molecule has 0 aliphatic heterocycles. The first-order chi connectivity index (χ1) is 12.1. The van der Waals surface area contributed by atoms with E-state index in [2.05, 4.69) is 5.32 Å². The molecule has 116 valence electrons.